The van der Waals surface area contributed by atoms with Crippen molar-refractivity contribution < 1.29 is 24.1 Å². The van der Waals surface area contributed by atoms with Gasteiger partial charge in [-0.25, -0.2) is 0 Å². The van der Waals surface area contributed by atoms with E-state index in [-0.39, 0.29) is 41.3 Å². The summed E-state index contributed by atoms with van der Waals surface area (Å²) in [6.45, 7) is 0.175. The first-order valence-corrected chi connectivity index (χ1v) is 10.5. The van der Waals surface area contributed by atoms with E-state index in [0.717, 1.165) is 11.1 Å². The number of aromatic amines is 1. The van der Waals surface area contributed by atoms with Crippen molar-refractivity contribution in [1.82, 2.24) is 4.98 Å². The monoisotopic (exact) mass is 463 g/mol. The van der Waals surface area contributed by atoms with E-state index < -0.39 is 0 Å². The molecule has 0 amide bonds. The van der Waals surface area contributed by atoms with Crippen LogP contribution in [0.1, 0.15) is 22.6 Å². The average molecular weight is 463 g/mol. The zero-order valence-electron chi connectivity index (χ0n) is 18.3. The van der Waals surface area contributed by atoms with E-state index in [1.807, 2.05) is 60.7 Å². The van der Waals surface area contributed by atoms with E-state index in [1.54, 1.807) is 0 Å². The van der Waals surface area contributed by atoms with E-state index in [0.29, 0.717) is 18.9 Å². The number of benzene rings is 2. The van der Waals surface area contributed by atoms with Gasteiger partial charge in [0.05, 0.1) is 6.61 Å². The predicted octanol–water partition coefficient (Wildman–Crippen LogP) is 3.16. The van der Waals surface area contributed by atoms with Crippen LogP contribution in [-0.4, -0.2) is 15.2 Å². The van der Waals surface area contributed by atoms with Gasteiger partial charge in [-0.05, 0) is 11.1 Å². The van der Waals surface area contributed by atoms with Crippen LogP contribution in [0.15, 0.2) is 99.3 Å². The molecule has 176 valence electrons. The number of nitrogens with one attached hydrogen (secondary N) is 1. The normalized spacial score (nSPS) is 10.2. The molecular formula is C26H25NO7. The van der Waals surface area contributed by atoms with E-state index in [4.69, 9.17) is 24.1 Å². The summed E-state index contributed by atoms with van der Waals surface area (Å²) in [5, 5.41) is 17.6. The second kappa shape index (κ2) is 12.8. The molecule has 0 aliphatic rings. The predicted molar refractivity (Wildman–Crippen MR) is 125 cm³/mol. The molecule has 2 aromatic carbocycles. The van der Waals surface area contributed by atoms with Gasteiger partial charge >= 0.3 is 0 Å². The Bertz CT molecular complexity index is 1170. The lowest BCUT2D eigenvalue weighted by Crippen LogP contribution is -2.09. The third-order valence-electron chi connectivity index (χ3n) is 4.59. The van der Waals surface area contributed by atoms with Gasteiger partial charge in [0.1, 0.15) is 31.8 Å². The topological polar surface area (TPSA) is 122 Å². The Labute approximate surface area is 195 Å². The third-order valence-corrected chi connectivity index (χ3v) is 4.59. The lowest BCUT2D eigenvalue weighted by atomic mass is 10.2. The van der Waals surface area contributed by atoms with Crippen molar-refractivity contribution >= 4 is 0 Å². The van der Waals surface area contributed by atoms with Crippen LogP contribution in [0.2, 0.25) is 0 Å². The van der Waals surface area contributed by atoms with Gasteiger partial charge in [-0.3, -0.25) is 9.59 Å². The summed E-state index contributed by atoms with van der Waals surface area (Å²) in [4.78, 5) is 25.9. The van der Waals surface area contributed by atoms with Crippen LogP contribution in [0, 0.1) is 0 Å². The van der Waals surface area contributed by atoms with Crippen molar-refractivity contribution in [2.45, 2.75) is 26.4 Å². The highest BCUT2D eigenvalue weighted by Gasteiger charge is 2.04. The molecule has 4 aromatic rings. The Balaban J connectivity index is 0.000000191. The second-order valence-electron chi connectivity index (χ2n) is 7.13. The zero-order valence-corrected chi connectivity index (χ0v) is 18.3. The average Bonchev–Trinajstić information content (AvgIpc) is 2.88. The molecule has 2 heterocycles. The van der Waals surface area contributed by atoms with E-state index in [1.165, 1.54) is 24.6 Å². The highest BCUT2D eigenvalue weighted by molar-refractivity contribution is 5.22. The van der Waals surface area contributed by atoms with Crippen molar-refractivity contribution in [2.75, 3.05) is 0 Å². The van der Waals surface area contributed by atoms with Crippen LogP contribution < -0.4 is 20.3 Å². The van der Waals surface area contributed by atoms with Gasteiger partial charge in [0.25, 0.3) is 0 Å². The standard InChI is InChI=1S/C13H13NO3.C13H12O4/c15-8-11-6-12(16)13(7-14-11)17-9-10-4-2-1-3-5-10;14-7-11-6-12(15)13(9-16-11)17-8-10-4-2-1-3-5-10/h1-7,15H,8-9H2,(H,14,16);1-6,9,14H,7-8H2. The van der Waals surface area contributed by atoms with E-state index in [9.17, 15) is 9.59 Å². The van der Waals surface area contributed by atoms with Gasteiger partial charge in [0.2, 0.25) is 16.6 Å². The van der Waals surface area contributed by atoms with Crippen LogP contribution in [0.25, 0.3) is 0 Å². The number of hydrogen-bond donors (Lipinski definition) is 3. The Morgan fingerprint density at radius 2 is 1.29 bits per heavy atom. The number of ether oxygens (including phenoxy) is 2. The van der Waals surface area contributed by atoms with Gasteiger partial charge in [-0.15, -0.1) is 0 Å². The molecule has 8 nitrogen and oxygen atoms in total. The van der Waals surface area contributed by atoms with Gasteiger partial charge in [-0.2, -0.15) is 0 Å². The van der Waals surface area contributed by atoms with Gasteiger partial charge in [0, 0.05) is 24.0 Å². The molecular weight excluding hydrogens is 438 g/mol. The fourth-order valence-corrected chi connectivity index (χ4v) is 2.80. The summed E-state index contributed by atoms with van der Waals surface area (Å²) in [7, 11) is 0. The number of rotatable bonds is 8. The molecule has 0 saturated carbocycles. The minimum atomic E-state index is -0.297. The summed E-state index contributed by atoms with van der Waals surface area (Å²) >= 11 is 0. The van der Waals surface area contributed by atoms with Crippen molar-refractivity contribution in [1.29, 1.82) is 0 Å². The highest BCUT2D eigenvalue weighted by Crippen LogP contribution is 2.09. The summed E-state index contributed by atoms with van der Waals surface area (Å²) < 4.78 is 15.7. The molecule has 34 heavy (non-hydrogen) atoms. The second-order valence-corrected chi connectivity index (χ2v) is 7.13. The van der Waals surface area contributed by atoms with Gasteiger partial charge in [0.15, 0.2) is 5.75 Å². The maximum atomic E-state index is 11.6. The Morgan fingerprint density at radius 1 is 0.735 bits per heavy atom. The maximum Gasteiger partial charge on any atom is 0.227 e. The van der Waals surface area contributed by atoms with Gasteiger partial charge in [-0.1, -0.05) is 60.7 Å². The number of pyridine rings is 1. The van der Waals surface area contributed by atoms with Crippen LogP contribution in [0.3, 0.4) is 0 Å². The molecule has 0 radical (unpaired) electrons. The molecule has 3 N–H and O–H groups in total. The molecule has 0 unspecified atom stereocenters. The minimum Gasteiger partial charge on any atom is -0.483 e. The summed E-state index contributed by atoms with van der Waals surface area (Å²) in [6.07, 6.45) is 2.69. The first-order chi connectivity index (χ1) is 16.6. The maximum absolute atomic E-state index is 11.6. The Hall–Kier alpha value is -4.14. The molecule has 0 saturated heterocycles. The Morgan fingerprint density at radius 3 is 1.79 bits per heavy atom. The molecule has 0 aliphatic carbocycles. The van der Waals surface area contributed by atoms with Crippen molar-refractivity contribution in [2.24, 2.45) is 0 Å². The fraction of sp³-hybridized carbons (Fsp3) is 0.154. The smallest absolute Gasteiger partial charge is 0.227 e. The summed E-state index contributed by atoms with van der Waals surface area (Å²) in [5.41, 5.74) is 1.92. The molecule has 8 heteroatoms. The van der Waals surface area contributed by atoms with Crippen LogP contribution in [0.4, 0.5) is 0 Å². The first kappa shape index (κ1) is 24.5. The highest BCUT2D eigenvalue weighted by atomic mass is 16.5. The number of H-pyrrole nitrogens is 1. The van der Waals surface area contributed by atoms with E-state index in [2.05, 4.69) is 4.98 Å². The first-order valence-electron chi connectivity index (χ1n) is 10.5. The largest absolute Gasteiger partial charge is 0.483 e. The number of aliphatic hydroxyl groups excluding tert-OH is 2. The van der Waals surface area contributed by atoms with Crippen LogP contribution in [-0.2, 0) is 26.4 Å². The molecule has 0 aliphatic heterocycles. The Kier molecular flexibility index (Phi) is 9.21. The molecule has 0 fully saturated rings. The summed E-state index contributed by atoms with van der Waals surface area (Å²) in [6, 6.07) is 21.7. The number of hydrogen-bond acceptors (Lipinski definition) is 7. The molecule has 2 aromatic heterocycles. The quantitative estimate of drug-likeness (QED) is 0.367. The molecule has 0 atom stereocenters. The van der Waals surface area contributed by atoms with E-state index >= 15 is 0 Å². The van der Waals surface area contributed by atoms with Crippen LogP contribution >= 0.6 is 0 Å². The molecule has 0 bridgehead atoms. The number of aromatic nitrogens is 1. The number of aliphatic hydroxyl groups is 2. The molecule has 0 spiro atoms. The zero-order chi connectivity index (χ0) is 24.2. The lowest BCUT2D eigenvalue weighted by Gasteiger charge is -2.05. The SMILES string of the molecule is O=c1cc(CO)[nH]cc1OCc1ccccc1.O=c1cc(CO)occ1OCc1ccccc1. The summed E-state index contributed by atoms with van der Waals surface area (Å²) in [5.74, 6) is 0.624. The van der Waals surface area contributed by atoms with Crippen molar-refractivity contribution in [3.63, 3.8) is 0 Å². The molecule has 4 rings (SSSR count). The van der Waals surface area contributed by atoms with Crippen molar-refractivity contribution in [3.8, 4) is 11.5 Å². The van der Waals surface area contributed by atoms with Crippen LogP contribution in [0.5, 0.6) is 11.5 Å². The van der Waals surface area contributed by atoms with Crippen molar-refractivity contribution in [3.05, 3.63) is 128 Å². The van der Waals surface area contributed by atoms with Gasteiger partial charge < -0.3 is 29.1 Å². The third kappa shape index (κ3) is 7.47. The fourth-order valence-electron chi connectivity index (χ4n) is 2.80. The minimum absolute atomic E-state index is 0.144. The lowest BCUT2D eigenvalue weighted by molar-refractivity contribution is 0.236.